The van der Waals surface area contributed by atoms with E-state index in [1.54, 1.807) is 13.8 Å². The molecule has 8 nitrogen and oxygen atoms in total. The minimum Gasteiger partial charge on any atom is -0.378 e. The Morgan fingerprint density at radius 3 is 2.76 bits per heavy atom. The van der Waals surface area contributed by atoms with Gasteiger partial charge in [0.25, 0.3) is 11.8 Å². The predicted octanol–water partition coefficient (Wildman–Crippen LogP) is 1.25. The van der Waals surface area contributed by atoms with Gasteiger partial charge in [0, 0.05) is 19.7 Å². The van der Waals surface area contributed by atoms with Crippen molar-refractivity contribution in [1.82, 2.24) is 15.8 Å². The van der Waals surface area contributed by atoms with Crippen LogP contribution in [0.1, 0.15) is 42.1 Å². The molecular weight excluding hydrogens is 344 g/mol. The van der Waals surface area contributed by atoms with Gasteiger partial charge < -0.3 is 14.4 Å². The molecule has 9 heteroatoms. The molecule has 1 aliphatic rings. The zero-order chi connectivity index (χ0) is 18.2. The van der Waals surface area contributed by atoms with E-state index in [9.17, 15) is 9.59 Å². The summed E-state index contributed by atoms with van der Waals surface area (Å²) in [5.41, 5.74) is 5.49. The number of aromatic nitrogens is 1. The average molecular weight is 370 g/mol. The number of rotatable bonds is 7. The zero-order valence-electron chi connectivity index (χ0n) is 15.0. The molecule has 0 radical (unpaired) electrons. The van der Waals surface area contributed by atoms with Gasteiger partial charge in [-0.25, -0.2) is 4.98 Å². The largest absolute Gasteiger partial charge is 0.378 e. The summed E-state index contributed by atoms with van der Waals surface area (Å²) in [5, 5.41) is 0.800. The molecule has 2 heterocycles. The lowest BCUT2D eigenvalue weighted by Crippen LogP contribution is -2.46. The quantitative estimate of drug-likeness (QED) is 0.554. The van der Waals surface area contributed by atoms with Gasteiger partial charge >= 0.3 is 0 Å². The molecule has 1 atom stereocenters. The van der Waals surface area contributed by atoms with Crippen LogP contribution in [0.5, 0.6) is 0 Å². The van der Waals surface area contributed by atoms with E-state index in [0.717, 1.165) is 31.1 Å². The van der Waals surface area contributed by atoms with Crippen molar-refractivity contribution in [1.29, 1.82) is 0 Å². The van der Waals surface area contributed by atoms with Crippen molar-refractivity contribution < 1.29 is 19.1 Å². The summed E-state index contributed by atoms with van der Waals surface area (Å²) in [7, 11) is 0. The molecule has 0 unspecified atom stereocenters. The van der Waals surface area contributed by atoms with Crippen molar-refractivity contribution in [3.05, 3.63) is 10.6 Å². The van der Waals surface area contributed by atoms with Crippen LogP contribution in [0.15, 0.2) is 0 Å². The van der Waals surface area contributed by atoms with E-state index in [2.05, 4.69) is 27.7 Å². The van der Waals surface area contributed by atoms with Gasteiger partial charge in [0.2, 0.25) is 0 Å². The zero-order valence-corrected chi connectivity index (χ0v) is 15.8. The molecule has 1 saturated heterocycles. The van der Waals surface area contributed by atoms with Gasteiger partial charge in [-0.15, -0.1) is 0 Å². The van der Waals surface area contributed by atoms with Gasteiger partial charge in [0.15, 0.2) is 5.13 Å². The first-order chi connectivity index (χ1) is 12.0. The number of thiazole rings is 1. The highest BCUT2D eigenvalue weighted by atomic mass is 32.1. The molecule has 0 bridgehead atoms. The Labute approximate surface area is 151 Å². The lowest BCUT2D eigenvalue weighted by atomic mass is 10.3. The van der Waals surface area contributed by atoms with Crippen LogP contribution in [-0.2, 0) is 14.3 Å². The molecule has 0 aromatic carbocycles. The number of hydrogen-bond donors (Lipinski definition) is 2. The maximum atomic E-state index is 12.3. The van der Waals surface area contributed by atoms with Crippen molar-refractivity contribution in [2.24, 2.45) is 0 Å². The molecular formula is C16H26N4O4S. The number of aryl methyl sites for hydroxylation is 1. The summed E-state index contributed by atoms with van der Waals surface area (Å²) in [5.74, 6) is -0.747. The molecule has 0 spiro atoms. The molecule has 1 aromatic heterocycles. The van der Waals surface area contributed by atoms with Crippen molar-refractivity contribution in [3.8, 4) is 0 Å². The number of nitrogens with one attached hydrogen (secondary N) is 2. The van der Waals surface area contributed by atoms with Gasteiger partial charge in [-0.2, -0.15) is 0 Å². The first-order valence-corrected chi connectivity index (χ1v) is 9.36. The third kappa shape index (κ3) is 5.65. The lowest BCUT2D eigenvalue weighted by molar-refractivity contribution is -0.132. The first-order valence-electron chi connectivity index (χ1n) is 8.54. The molecule has 2 amide bonds. The number of hydrogen-bond acceptors (Lipinski definition) is 7. The van der Waals surface area contributed by atoms with E-state index in [1.165, 1.54) is 11.3 Å². The van der Waals surface area contributed by atoms with Crippen molar-refractivity contribution >= 4 is 28.3 Å². The van der Waals surface area contributed by atoms with Crippen LogP contribution < -0.4 is 15.8 Å². The maximum absolute atomic E-state index is 12.3. The van der Waals surface area contributed by atoms with E-state index >= 15 is 0 Å². The fourth-order valence-electron chi connectivity index (χ4n) is 2.24. The Kier molecular flexibility index (Phi) is 7.60. The Morgan fingerprint density at radius 2 is 2.08 bits per heavy atom. The third-order valence-electron chi connectivity index (χ3n) is 3.81. The predicted molar refractivity (Wildman–Crippen MR) is 95.8 cm³/mol. The van der Waals surface area contributed by atoms with Gasteiger partial charge in [0.05, 0.1) is 18.9 Å². The second-order valence-electron chi connectivity index (χ2n) is 5.82. The fourth-order valence-corrected chi connectivity index (χ4v) is 3.25. The first kappa shape index (κ1) is 19.6. The normalized spacial score (nSPS) is 15.7. The maximum Gasteiger partial charge on any atom is 0.281 e. The summed E-state index contributed by atoms with van der Waals surface area (Å²) in [6.45, 7) is 8.86. The molecule has 0 saturated carbocycles. The van der Waals surface area contributed by atoms with Crippen LogP contribution >= 0.6 is 11.3 Å². The highest BCUT2D eigenvalue weighted by molar-refractivity contribution is 7.17. The molecule has 140 valence electrons. The van der Waals surface area contributed by atoms with Crippen LogP contribution in [0.25, 0.3) is 0 Å². The smallest absolute Gasteiger partial charge is 0.281 e. The number of unbranched alkanes of at least 4 members (excludes halogenated alkanes) is 1. The van der Waals surface area contributed by atoms with Crippen molar-refractivity contribution in [2.45, 2.75) is 39.7 Å². The fraction of sp³-hybridized carbons (Fsp3) is 0.688. The number of anilines is 1. The number of carbonyl (C=O) groups is 2. The molecule has 1 fully saturated rings. The van der Waals surface area contributed by atoms with Gasteiger partial charge in [-0.05, 0) is 20.3 Å². The summed E-state index contributed by atoms with van der Waals surface area (Å²) in [4.78, 5) is 31.3. The lowest BCUT2D eigenvalue weighted by Gasteiger charge is -2.25. The molecule has 1 aliphatic heterocycles. The number of carbonyl (C=O) groups excluding carboxylic acids is 2. The van der Waals surface area contributed by atoms with Crippen LogP contribution in [0.3, 0.4) is 0 Å². The van der Waals surface area contributed by atoms with Gasteiger partial charge in [-0.3, -0.25) is 20.4 Å². The minimum atomic E-state index is -0.613. The summed E-state index contributed by atoms with van der Waals surface area (Å²) in [6, 6.07) is 0. The summed E-state index contributed by atoms with van der Waals surface area (Å²) < 4.78 is 10.7. The molecule has 2 N–H and O–H groups in total. The van der Waals surface area contributed by atoms with Gasteiger partial charge in [-0.1, -0.05) is 24.7 Å². The number of nitrogens with zero attached hydrogens (tertiary/aromatic N) is 2. The number of morpholine rings is 1. The molecule has 25 heavy (non-hydrogen) atoms. The topological polar surface area (TPSA) is 92.8 Å². The van der Waals surface area contributed by atoms with Crippen LogP contribution in [0.2, 0.25) is 0 Å². The molecule has 1 aromatic rings. The summed E-state index contributed by atoms with van der Waals surface area (Å²) >= 11 is 1.32. The minimum absolute atomic E-state index is 0.372. The van der Waals surface area contributed by atoms with Crippen molar-refractivity contribution in [2.75, 3.05) is 37.8 Å². The Balaban J connectivity index is 1.86. The molecule has 2 rings (SSSR count). The van der Waals surface area contributed by atoms with Crippen LogP contribution in [0, 0.1) is 6.92 Å². The average Bonchev–Trinajstić information content (AvgIpc) is 3.02. The van der Waals surface area contributed by atoms with Crippen molar-refractivity contribution in [3.63, 3.8) is 0 Å². The summed E-state index contributed by atoms with van der Waals surface area (Å²) in [6.07, 6.45) is 1.29. The second kappa shape index (κ2) is 9.69. The second-order valence-corrected chi connectivity index (χ2v) is 6.80. The Hall–Kier alpha value is -1.71. The number of ether oxygens (including phenoxy) is 2. The van der Waals surface area contributed by atoms with Gasteiger partial charge in [0.1, 0.15) is 11.0 Å². The van der Waals surface area contributed by atoms with E-state index in [4.69, 9.17) is 9.47 Å². The van der Waals surface area contributed by atoms with Crippen LogP contribution in [0.4, 0.5) is 5.13 Å². The number of hydrazine groups is 1. The standard InChI is InChI=1S/C16H26N4O4S/c1-4-5-8-24-12(3)14(21)18-19-15(22)13-11(2)17-16(25-13)20-6-9-23-10-7-20/h12H,4-10H2,1-3H3,(H,18,21)(H,19,22)/t12-/m1/s1. The molecule has 0 aliphatic carbocycles. The van der Waals surface area contributed by atoms with E-state index in [1.807, 2.05) is 0 Å². The third-order valence-corrected chi connectivity index (χ3v) is 5.02. The Bertz CT molecular complexity index is 587. The Morgan fingerprint density at radius 1 is 1.36 bits per heavy atom. The van der Waals surface area contributed by atoms with E-state index < -0.39 is 6.10 Å². The van der Waals surface area contributed by atoms with Crippen LogP contribution in [-0.4, -0.2) is 55.8 Å². The monoisotopic (exact) mass is 370 g/mol. The van der Waals surface area contributed by atoms with E-state index in [-0.39, 0.29) is 11.8 Å². The SMILES string of the molecule is CCCCO[C@H](C)C(=O)NNC(=O)c1sc(N2CCOCC2)nc1C. The highest BCUT2D eigenvalue weighted by Gasteiger charge is 2.21. The number of amides is 2. The van der Waals surface area contributed by atoms with E-state index in [0.29, 0.717) is 30.4 Å². The highest BCUT2D eigenvalue weighted by Crippen LogP contribution is 2.26.